The van der Waals surface area contributed by atoms with Crippen LogP contribution in [0.4, 0.5) is 0 Å². The maximum Gasteiger partial charge on any atom is 0.336 e. The minimum absolute atomic E-state index is 0.833. The van der Waals surface area contributed by atoms with Gasteiger partial charge in [0, 0.05) is 6.92 Å². The third kappa shape index (κ3) is 90.3. The van der Waals surface area contributed by atoms with Crippen molar-refractivity contribution in [2.24, 2.45) is 0 Å². The Morgan fingerprint density at radius 2 is 1.80 bits per heavy atom. The van der Waals surface area contributed by atoms with Crippen molar-refractivity contribution in [2.75, 3.05) is 0 Å². The second-order valence-electron chi connectivity index (χ2n) is 1.21. The first-order valence-electron chi connectivity index (χ1n) is 2.29. The third-order valence-corrected chi connectivity index (χ3v) is 0.226. The minimum atomic E-state index is -1.01. The van der Waals surface area contributed by atoms with Crippen molar-refractivity contribution in [3.05, 3.63) is 18.4 Å². The van der Waals surface area contributed by atoms with Crippen LogP contribution in [0, 0.1) is 0 Å². The van der Waals surface area contributed by atoms with E-state index in [-0.39, 0.29) is 0 Å². The summed E-state index contributed by atoms with van der Waals surface area (Å²) in [6.07, 6.45) is 0.847. The van der Waals surface area contributed by atoms with E-state index in [1.165, 1.54) is 0 Å². The number of carboxylic acids is 2. The summed E-state index contributed by atoms with van der Waals surface area (Å²) in [5, 5.41) is 15.2. The molecule has 0 rings (SSSR count). The van der Waals surface area contributed by atoms with E-state index in [0.717, 1.165) is 13.0 Å². The molecule has 0 amide bonds. The average molecular weight is 144 g/mol. The first-order chi connectivity index (χ1) is 4.50. The molecule has 0 aliphatic heterocycles. The first kappa shape index (κ1) is 11.3. The van der Waals surface area contributed by atoms with E-state index in [2.05, 4.69) is 12.3 Å². The van der Waals surface area contributed by atoms with Gasteiger partial charge in [0.05, 0.1) is 6.08 Å². The van der Waals surface area contributed by atoms with Crippen LogP contribution in [0.3, 0.4) is 0 Å². The van der Waals surface area contributed by atoms with Gasteiger partial charge in [0.25, 0.3) is 5.97 Å². The normalized spacial score (nSPS) is 6.10. The van der Waals surface area contributed by atoms with Crippen LogP contribution in [0.5, 0.6) is 0 Å². The molecule has 2 N–H and O–H groups in total. The maximum atomic E-state index is 9.44. The SMILES string of the molecule is C=C=CC(=O)O.CC(=O)O. The lowest BCUT2D eigenvalue weighted by Gasteiger charge is -1.65. The van der Waals surface area contributed by atoms with Gasteiger partial charge >= 0.3 is 5.97 Å². The highest BCUT2D eigenvalue weighted by Crippen LogP contribution is 1.58. The van der Waals surface area contributed by atoms with Gasteiger partial charge in [0.2, 0.25) is 0 Å². The Labute approximate surface area is 58.1 Å². The van der Waals surface area contributed by atoms with Crippen LogP contribution >= 0.6 is 0 Å². The first-order valence-corrected chi connectivity index (χ1v) is 2.29. The molecule has 0 aliphatic rings. The Hall–Kier alpha value is -1.54. The average Bonchev–Trinajstić information content (AvgIpc) is 1.62. The molecule has 0 aromatic heterocycles. The molecule has 0 bridgehead atoms. The standard InChI is InChI=1S/C4H4O2.C2H4O2/c1-2-3-4(5)6;1-2(3)4/h3H,1H2,(H,5,6);1H3,(H,3,4). The topological polar surface area (TPSA) is 74.6 Å². The molecule has 0 aromatic carbocycles. The Morgan fingerprint density at radius 3 is 1.80 bits per heavy atom. The number of aliphatic carboxylic acids is 2. The molecule has 0 unspecified atom stereocenters. The summed E-state index contributed by atoms with van der Waals surface area (Å²) < 4.78 is 0. The molecule has 0 aliphatic carbocycles. The number of hydrogen-bond donors (Lipinski definition) is 2. The van der Waals surface area contributed by atoms with Gasteiger partial charge in [0.1, 0.15) is 0 Å². The van der Waals surface area contributed by atoms with E-state index in [9.17, 15) is 4.79 Å². The molecule has 0 saturated heterocycles. The molecule has 0 saturated carbocycles. The molecule has 0 spiro atoms. The highest BCUT2D eigenvalue weighted by molar-refractivity contribution is 5.79. The van der Waals surface area contributed by atoms with Crippen molar-refractivity contribution < 1.29 is 19.8 Å². The Balaban J connectivity index is 0. The number of carboxylic acid groups (broad SMARTS) is 2. The van der Waals surface area contributed by atoms with Crippen molar-refractivity contribution in [1.82, 2.24) is 0 Å². The Morgan fingerprint density at radius 1 is 1.50 bits per heavy atom. The lowest BCUT2D eigenvalue weighted by atomic mass is 10.6. The van der Waals surface area contributed by atoms with Crippen molar-refractivity contribution in [3.8, 4) is 0 Å². The largest absolute Gasteiger partial charge is 0.481 e. The van der Waals surface area contributed by atoms with Crippen molar-refractivity contribution in [1.29, 1.82) is 0 Å². The number of hydrogen-bond acceptors (Lipinski definition) is 2. The van der Waals surface area contributed by atoms with Crippen LogP contribution in [-0.4, -0.2) is 22.2 Å². The van der Waals surface area contributed by atoms with Gasteiger partial charge in [-0.2, -0.15) is 0 Å². The Bertz CT molecular complexity index is 161. The predicted molar refractivity (Wildman–Crippen MR) is 34.7 cm³/mol. The fraction of sp³-hybridized carbons (Fsp3) is 0.167. The zero-order valence-electron chi connectivity index (χ0n) is 5.50. The van der Waals surface area contributed by atoms with Crippen molar-refractivity contribution in [2.45, 2.75) is 6.92 Å². The minimum Gasteiger partial charge on any atom is -0.481 e. The molecule has 0 radical (unpaired) electrons. The van der Waals surface area contributed by atoms with Crippen LogP contribution in [0.25, 0.3) is 0 Å². The van der Waals surface area contributed by atoms with E-state index in [4.69, 9.17) is 15.0 Å². The number of carbonyl (C=O) groups is 2. The fourth-order valence-corrected chi connectivity index (χ4v) is 0.0873. The van der Waals surface area contributed by atoms with E-state index in [0.29, 0.717) is 0 Å². The maximum absolute atomic E-state index is 9.44. The smallest absolute Gasteiger partial charge is 0.336 e. The second-order valence-corrected chi connectivity index (χ2v) is 1.21. The quantitative estimate of drug-likeness (QED) is 0.415. The highest BCUT2D eigenvalue weighted by atomic mass is 16.4. The third-order valence-electron chi connectivity index (χ3n) is 0.226. The van der Waals surface area contributed by atoms with E-state index in [1.54, 1.807) is 0 Å². The summed E-state index contributed by atoms with van der Waals surface area (Å²) in [4.78, 5) is 18.4. The van der Waals surface area contributed by atoms with Crippen molar-refractivity contribution in [3.63, 3.8) is 0 Å². The van der Waals surface area contributed by atoms with E-state index < -0.39 is 11.9 Å². The predicted octanol–water partition coefficient (Wildman–Crippen LogP) is 0.503. The lowest BCUT2D eigenvalue weighted by molar-refractivity contribution is -0.134. The summed E-state index contributed by atoms with van der Waals surface area (Å²) in [7, 11) is 0. The molecule has 0 atom stereocenters. The molecule has 4 heteroatoms. The molecule has 4 nitrogen and oxygen atoms in total. The summed E-state index contributed by atoms with van der Waals surface area (Å²) in [6, 6.07) is 0. The van der Waals surface area contributed by atoms with Gasteiger partial charge in [-0.05, 0) is 0 Å². The lowest BCUT2D eigenvalue weighted by Crippen LogP contribution is -1.82. The van der Waals surface area contributed by atoms with Gasteiger partial charge in [-0.1, -0.05) is 6.58 Å². The van der Waals surface area contributed by atoms with Crippen LogP contribution in [0.1, 0.15) is 6.92 Å². The Kier molecular flexibility index (Phi) is 8.42. The molecule has 0 aromatic rings. The van der Waals surface area contributed by atoms with Crippen LogP contribution < -0.4 is 0 Å². The highest BCUT2D eigenvalue weighted by Gasteiger charge is 1.76. The van der Waals surface area contributed by atoms with Crippen LogP contribution in [0.2, 0.25) is 0 Å². The molecule has 56 valence electrons. The molecule has 0 fully saturated rings. The summed E-state index contributed by atoms with van der Waals surface area (Å²) in [5.74, 6) is -1.84. The van der Waals surface area contributed by atoms with E-state index in [1.807, 2.05) is 0 Å². The van der Waals surface area contributed by atoms with Gasteiger partial charge in [-0.25, -0.2) is 4.79 Å². The van der Waals surface area contributed by atoms with Crippen LogP contribution in [0.15, 0.2) is 18.4 Å². The van der Waals surface area contributed by atoms with Crippen LogP contribution in [-0.2, 0) is 9.59 Å². The molecule has 10 heavy (non-hydrogen) atoms. The zero-order chi connectivity index (χ0) is 8.57. The van der Waals surface area contributed by atoms with Gasteiger partial charge in [-0.15, -0.1) is 5.73 Å². The van der Waals surface area contributed by atoms with Gasteiger partial charge in [-0.3, -0.25) is 4.79 Å². The molecular formula is C6H8O4. The monoisotopic (exact) mass is 144 g/mol. The summed E-state index contributed by atoms with van der Waals surface area (Å²) in [6.45, 7) is 4.12. The molecule has 0 heterocycles. The zero-order valence-corrected chi connectivity index (χ0v) is 5.50. The number of rotatable bonds is 1. The fourth-order valence-electron chi connectivity index (χ4n) is 0.0873. The van der Waals surface area contributed by atoms with E-state index >= 15 is 0 Å². The van der Waals surface area contributed by atoms with Crippen molar-refractivity contribution >= 4 is 11.9 Å². The summed E-state index contributed by atoms with van der Waals surface area (Å²) in [5.41, 5.74) is 2.09. The van der Waals surface area contributed by atoms with Gasteiger partial charge < -0.3 is 10.2 Å². The molecular weight excluding hydrogens is 136 g/mol. The second kappa shape index (κ2) is 7.46. The summed E-state index contributed by atoms with van der Waals surface area (Å²) >= 11 is 0. The van der Waals surface area contributed by atoms with Gasteiger partial charge in [0.15, 0.2) is 0 Å².